The van der Waals surface area contributed by atoms with E-state index < -0.39 is 9.84 Å². The highest BCUT2D eigenvalue weighted by atomic mass is 32.2. The minimum atomic E-state index is -2.85. The number of fused-ring (bicyclic) bond motifs is 1. The van der Waals surface area contributed by atoms with Crippen molar-refractivity contribution < 1.29 is 13.2 Å². The van der Waals surface area contributed by atoms with E-state index in [9.17, 15) is 8.42 Å². The largest absolute Gasteiger partial charge is 0.497 e. The second kappa shape index (κ2) is 9.48. The van der Waals surface area contributed by atoms with Crippen molar-refractivity contribution in [1.82, 2.24) is 19.4 Å². The fourth-order valence-corrected chi connectivity index (χ4v) is 6.58. The van der Waals surface area contributed by atoms with Crippen molar-refractivity contribution in [3.05, 3.63) is 59.0 Å². The Bertz CT molecular complexity index is 1370. The number of nitrogens with zero attached hydrogens (tertiary/aromatic N) is 4. The van der Waals surface area contributed by atoms with Gasteiger partial charge in [-0.05, 0) is 68.3 Å². The third-order valence-corrected chi connectivity index (χ3v) is 8.96. The zero-order valence-electron chi connectivity index (χ0n) is 19.3. The van der Waals surface area contributed by atoms with Crippen molar-refractivity contribution in [1.29, 1.82) is 0 Å². The van der Waals surface area contributed by atoms with E-state index in [4.69, 9.17) is 9.72 Å². The fraction of sp³-hybridized carbons (Fsp3) is 0.360. The van der Waals surface area contributed by atoms with Gasteiger partial charge >= 0.3 is 0 Å². The smallest absolute Gasteiger partial charge is 0.150 e. The number of likely N-dealkylation sites (N-methyl/N-ethyl adjacent to an activating group) is 1. The lowest BCUT2D eigenvalue weighted by molar-refractivity contribution is 0.229. The number of benzene rings is 1. The minimum Gasteiger partial charge on any atom is -0.497 e. The molecule has 0 aliphatic carbocycles. The van der Waals surface area contributed by atoms with E-state index in [1.807, 2.05) is 35.2 Å². The van der Waals surface area contributed by atoms with Crippen molar-refractivity contribution in [2.45, 2.75) is 25.3 Å². The monoisotopic (exact) mass is 496 g/mol. The molecule has 5 rings (SSSR count). The Kier molecular flexibility index (Phi) is 6.42. The molecule has 1 saturated heterocycles. The number of hydrogen-bond acceptors (Lipinski definition) is 7. The standard InChI is InChI=1S/C25H28N4O3S2/c1-28(20-10-13-34(30,31)14-11-20)12-9-19-15-29(24-16-33-17-26-24)25-22(19)7-8-23(27-25)18-3-5-21(32-2)6-4-18/h3-8,15-17,20H,9-14H2,1-2H3. The SMILES string of the molecule is COc1ccc(-c2ccc3c(CCN(C)C4CCS(=O)(=O)CC4)cn(-c4cscn4)c3n2)cc1. The Morgan fingerprint density at radius 1 is 1.15 bits per heavy atom. The maximum absolute atomic E-state index is 11.8. The number of methoxy groups -OCH3 is 1. The molecule has 0 saturated carbocycles. The highest BCUT2D eigenvalue weighted by Gasteiger charge is 2.26. The highest BCUT2D eigenvalue weighted by Crippen LogP contribution is 2.29. The van der Waals surface area contributed by atoms with Crippen LogP contribution in [0.3, 0.4) is 0 Å². The lowest BCUT2D eigenvalue weighted by atomic mass is 10.1. The second-order valence-electron chi connectivity index (χ2n) is 8.78. The third kappa shape index (κ3) is 4.73. The number of ether oxygens (including phenoxy) is 1. The predicted octanol–water partition coefficient (Wildman–Crippen LogP) is 4.21. The average Bonchev–Trinajstić information content (AvgIpc) is 3.50. The molecule has 1 aliphatic heterocycles. The molecule has 34 heavy (non-hydrogen) atoms. The Morgan fingerprint density at radius 3 is 2.59 bits per heavy atom. The summed E-state index contributed by atoms with van der Waals surface area (Å²) in [5.74, 6) is 2.27. The number of hydrogen-bond donors (Lipinski definition) is 0. The molecule has 0 bridgehead atoms. The maximum Gasteiger partial charge on any atom is 0.150 e. The molecule has 0 unspecified atom stereocenters. The van der Waals surface area contributed by atoms with Gasteiger partial charge in [0.1, 0.15) is 27.1 Å². The Hall–Kier alpha value is -2.75. The van der Waals surface area contributed by atoms with Gasteiger partial charge in [-0.2, -0.15) is 0 Å². The summed E-state index contributed by atoms with van der Waals surface area (Å²) in [7, 11) is 0.912. The van der Waals surface area contributed by atoms with Gasteiger partial charge in [0.2, 0.25) is 0 Å². The van der Waals surface area contributed by atoms with Crippen molar-refractivity contribution >= 4 is 32.2 Å². The lowest BCUT2D eigenvalue weighted by Gasteiger charge is -2.31. The van der Waals surface area contributed by atoms with E-state index in [0.29, 0.717) is 30.4 Å². The summed E-state index contributed by atoms with van der Waals surface area (Å²) < 4.78 is 30.9. The Labute approximate surface area is 204 Å². The second-order valence-corrected chi connectivity index (χ2v) is 11.8. The lowest BCUT2D eigenvalue weighted by Crippen LogP contribution is -2.39. The molecule has 7 nitrogen and oxygen atoms in total. The molecule has 0 amide bonds. The number of thiazole rings is 1. The minimum absolute atomic E-state index is 0.295. The van der Waals surface area contributed by atoms with Crippen molar-refractivity contribution in [2.24, 2.45) is 0 Å². The molecule has 0 atom stereocenters. The molecule has 0 spiro atoms. The topological polar surface area (TPSA) is 77.3 Å². The van der Waals surface area contributed by atoms with Gasteiger partial charge in [0.05, 0.1) is 29.8 Å². The van der Waals surface area contributed by atoms with Gasteiger partial charge < -0.3 is 9.64 Å². The first-order chi connectivity index (χ1) is 16.4. The summed E-state index contributed by atoms with van der Waals surface area (Å²) in [5.41, 5.74) is 5.87. The first-order valence-electron chi connectivity index (χ1n) is 11.4. The number of sulfone groups is 1. The van der Waals surface area contributed by atoms with Crippen LogP contribution in [-0.2, 0) is 16.3 Å². The van der Waals surface area contributed by atoms with Crippen LogP contribution in [-0.4, -0.2) is 66.1 Å². The summed E-state index contributed by atoms with van der Waals surface area (Å²) in [4.78, 5) is 11.8. The highest BCUT2D eigenvalue weighted by molar-refractivity contribution is 7.91. The van der Waals surface area contributed by atoms with Crippen LogP contribution in [0.2, 0.25) is 0 Å². The molecule has 3 aromatic heterocycles. The van der Waals surface area contributed by atoms with Gasteiger partial charge in [-0.3, -0.25) is 4.57 Å². The molecule has 4 aromatic rings. The number of aromatic nitrogens is 3. The van der Waals surface area contributed by atoms with E-state index in [2.05, 4.69) is 39.8 Å². The summed E-state index contributed by atoms with van der Waals surface area (Å²) >= 11 is 1.56. The zero-order valence-corrected chi connectivity index (χ0v) is 21.0. The van der Waals surface area contributed by atoms with E-state index >= 15 is 0 Å². The summed E-state index contributed by atoms with van der Waals surface area (Å²) in [5, 5.41) is 3.14. The first kappa shape index (κ1) is 23.0. The van der Waals surface area contributed by atoms with Gasteiger partial charge in [0.25, 0.3) is 0 Å². The van der Waals surface area contributed by atoms with Crippen LogP contribution >= 0.6 is 11.3 Å². The third-order valence-electron chi connectivity index (χ3n) is 6.67. The molecule has 0 radical (unpaired) electrons. The van der Waals surface area contributed by atoms with Crippen LogP contribution in [0.15, 0.2) is 53.5 Å². The van der Waals surface area contributed by atoms with E-state index in [1.54, 1.807) is 18.4 Å². The van der Waals surface area contributed by atoms with Crippen LogP contribution in [0.1, 0.15) is 18.4 Å². The van der Waals surface area contributed by atoms with Gasteiger partial charge in [0, 0.05) is 35.1 Å². The number of rotatable bonds is 7. The fourth-order valence-electron chi connectivity index (χ4n) is 4.59. The Morgan fingerprint density at radius 2 is 1.91 bits per heavy atom. The van der Waals surface area contributed by atoms with Gasteiger partial charge in [0.15, 0.2) is 0 Å². The molecule has 0 N–H and O–H groups in total. The predicted molar refractivity (Wildman–Crippen MR) is 137 cm³/mol. The molecule has 1 aromatic carbocycles. The summed E-state index contributed by atoms with van der Waals surface area (Å²) in [6.07, 6.45) is 4.43. The number of pyridine rings is 1. The average molecular weight is 497 g/mol. The van der Waals surface area contributed by atoms with Crippen molar-refractivity contribution in [2.75, 3.05) is 32.2 Å². The van der Waals surface area contributed by atoms with Crippen LogP contribution in [0.25, 0.3) is 28.1 Å². The van der Waals surface area contributed by atoms with Crippen molar-refractivity contribution in [3.63, 3.8) is 0 Å². The molecule has 4 heterocycles. The first-order valence-corrected chi connectivity index (χ1v) is 14.1. The molecule has 1 fully saturated rings. The van der Waals surface area contributed by atoms with E-state index in [-0.39, 0.29) is 0 Å². The summed E-state index contributed by atoms with van der Waals surface area (Å²) in [6, 6.07) is 12.4. The maximum atomic E-state index is 11.8. The van der Waals surface area contributed by atoms with Gasteiger partial charge in [-0.15, -0.1) is 11.3 Å². The van der Waals surface area contributed by atoms with Gasteiger partial charge in [-0.1, -0.05) is 0 Å². The van der Waals surface area contributed by atoms with E-state index in [0.717, 1.165) is 46.8 Å². The van der Waals surface area contributed by atoms with Crippen LogP contribution < -0.4 is 4.74 Å². The molecule has 9 heteroatoms. The summed E-state index contributed by atoms with van der Waals surface area (Å²) in [6.45, 7) is 0.862. The molecular weight excluding hydrogens is 468 g/mol. The molecule has 1 aliphatic rings. The van der Waals surface area contributed by atoms with Gasteiger partial charge in [-0.25, -0.2) is 18.4 Å². The normalized spacial score (nSPS) is 16.3. The molecular formula is C25H28N4O3S2. The van der Waals surface area contributed by atoms with Crippen molar-refractivity contribution in [3.8, 4) is 22.8 Å². The molecule has 178 valence electrons. The van der Waals surface area contributed by atoms with E-state index in [1.165, 1.54) is 5.56 Å². The quantitative estimate of drug-likeness (QED) is 0.382. The Balaban J connectivity index is 1.43. The van der Waals surface area contributed by atoms with Crippen LogP contribution in [0.5, 0.6) is 5.75 Å². The van der Waals surface area contributed by atoms with Crippen LogP contribution in [0, 0.1) is 0 Å². The zero-order chi connectivity index (χ0) is 23.7. The van der Waals surface area contributed by atoms with Crippen LogP contribution in [0.4, 0.5) is 0 Å².